The molecule has 0 N–H and O–H groups in total. The molecule has 0 aromatic heterocycles. The summed E-state index contributed by atoms with van der Waals surface area (Å²) in [6.45, 7) is 7.16. The molecule has 0 aliphatic carbocycles. The van der Waals surface area contributed by atoms with E-state index < -0.39 is 0 Å². The largest absolute Gasteiger partial charge is 0.108 e. The maximum atomic E-state index is 5.97. The lowest BCUT2D eigenvalue weighted by atomic mass is 10.6. The number of halogens is 4. The van der Waals surface area contributed by atoms with E-state index >= 15 is 0 Å². The Balaban J connectivity index is 4.72. The molecule has 0 unspecified atom stereocenters. The Morgan fingerprint density at radius 2 is 1.12 bits per heavy atom. The van der Waals surface area contributed by atoms with Gasteiger partial charge in [-0.15, -0.1) is 36.7 Å². The van der Waals surface area contributed by atoms with Crippen molar-refractivity contribution >= 4 is 69.9 Å². The van der Waals surface area contributed by atoms with Crippen LogP contribution in [0.3, 0.4) is 0 Å². The molecule has 6 heteroatoms. The van der Waals surface area contributed by atoms with E-state index in [1.807, 2.05) is 0 Å². The number of hydrogen-bond acceptors (Lipinski definition) is 2. The zero-order chi connectivity index (χ0) is 12.6. The van der Waals surface area contributed by atoms with Crippen molar-refractivity contribution in [3.05, 3.63) is 44.1 Å². The van der Waals surface area contributed by atoms with Gasteiger partial charge in [0.15, 0.2) is 0 Å². The molecular formula is C10H10Cl4S2. The van der Waals surface area contributed by atoms with Crippen molar-refractivity contribution in [1.29, 1.82) is 0 Å². The van der Waals surface area contributed by atoms with E-state index in [2.05, 4.69) is 13.2 Å². The molecule has 0 amide bonds. The molecule has 0 bridgehead atoms. The summed E-state index contributed by atoms with van der Waals surface area (Å²) in [6, 6.07) is 0. The Labute approximate surface area is 125 Å². The predicted molar refractivity (Wildman–Crippen MR) is 82.8 cm³/mol. The number of allylic oxidation sites excluding steroid dienone is 2. The van der Waals surface area contributed by atoms with E-state index in [-0.39, 0.29) is 10.1 Å². The van der Waals surface area contributed by atoms with Crippen molar-refractivity contribution in [3.8, 4) is 0 Å². The van der Waals surface area contributed by atoms with Crippen LogP contribution < -0.4 is 0 Å². The van der Waals surface area contributed by atoms with Crippen LogP contribution in [0.4, 0.5) is 0 Å². The molecule has 0 rings (SSSR count). The summed E-state index contributed by atoms with van der Waals surface area (Å²) in [7, 11) is 0. The van der Waals surface area contributed by atoms with Crippen LogP contribution in [0.15, 0.2) is 44.1 Å². The van der Waals surface area contributed by atoms with Gasteiger partial charge in [-0.25, -0.2) is 0 Å². The maximum Gasteiger partial charge on any atom is 0.0940 e. The van der Waals surface area contributed by atoms with Gasteiger partial charge in [-0.1, -0.05) is 58.6 Å². The fourth-order valence-electron chi connectivity index (χ4n) is 0.563. The fourth-order valence-corrected chi connectivity index (χ4v) is 2.84. The Hall–Kier alpha value is 0.820. The SMILES string of the molecule is C=CCS/C(Cl)=C(Cl)/C(Cl)=C(\Cl)SCC=C. The van der Waals surface area contributed by atoms with Gasteiger partial charge in [-0.05, 0) is 0 Å². The first kappa shape index (κ1) is 16.8. The molecule has 0 saturated heterocycles. The van der Waals surface area contributed by atoms with Crippen LogP contribution in [0.2, 0.25) is 0 Å². The van der Waals surface area contributed by atoms with Crippen molar-refractivity contribution in [1.82, 2.24) is 0 Å². The highest BCUT2D eigenvalue weighted by molar-refractivity contribution is 8.05. The maximum absolute atomic E-state index is 5.97. The van der Waals surface area contributed by atoms with E-state index in [1.54, 1.807) is 12.2 Å². The summed E-state index contributed by atoms with van der Waals surface area (Å²) in [4.78, 5) is 0. The van der Waals surface area contributed by atoms with Crippen molar-refractivity contribution in [3.63, 3.8) is 0 Å². The Kier molecular flexibility index (Phi) is 10.3. The highest BCUT2D eigenvalue weighted by Crippen LogP contribution is 2.38. The van der Waals surface area contributed by atoms with Crippen LogP contribution in [-0.2, 0) is 0 Å². The third kappa shape index (κ3) is 6.53. The summed E-state index contributed by atoms with van der Waals surface area (Å²) in [5.74, 6) is 1.33. The van der Waals surface area contributed by atoms with Gasteiger partial charge in [-0.2, -0.15) is 0 Å². The van der Waals surface area contributed by atoms with E-state index in [4.69, 9.17) is 46.4 Å². The summed E-state index contributed by atoms with van der Waals surface area (Å²) < 4.78 is 0.813. The van der Waals surface area contributed by atoms with Gasteiger partial charge in [0.2, 0.25) is 0 Å². The molecule has 0 aliphatic heterocycles. The Morgan fingerprint density at radius 3 is 1.38 bits per heavy atom. The van der Waals surface area contributed by atoms with Gasteiger partial charge < -0.3 is 0 Å². The Bertz CT molecular complexity index is 289. The minimum Gasteiger partial charge on any atom is -0.108 e. The second-order valence-electron chi connectivity index (χ2n) is 2.37. The van der Waals surface area contributed by atoms with Crippen LogP contribution in [-0.4, -0.2) is 11.5 Å². The highest BCUT2D eigenvalue weighted by Gasteiger charge is 2.11. The average Bonchev–Trinajstić information content (AvgIpc) is 2.30. The topological polar surface area (TPSA) is 0 Å². The molecule has 16 heavy (non-hydrogen) atoms. The van der Waals surface area contributed by atoms with Crippen molar-refractivity contribution in [2.75, 3.05) is 11.5 Å². The first-order valence-corrected chi connectivity index (χ1v) is 7.61. The Morgan fingerprint density at radius 1 is 0.812 bits per heavy atom. The lowest BCUT2D eigenvalue weighted by Gasteiger charge is -2.04. The first-order valence-electron chi connectivity index (χ1n) is 4.12. The van der Waals surface area contributed by atoms with Gasteiger partial charge in [0.25, 0.3) is 0 Å². The second-order valence-corrected chi connectivity index (χ2v) is 6.40. The van der Waals surface area contributed by atoms with Crippen LogP contribution in [0, 0.1) is 0 Å². The highest BCUT2D eigenvalue weighted by atomic mass is 35.5. The summed E-state index contributed by atoms with van der Waals surface area (Å²) in [5.41, 5.74) is 0. The standard InChI is InChI=1S/C10H10Cl4S2/c1-3-5-15-9(13)7(11)8(12)10(14)16-6-4-2/h3-4H,1-2,5-6H2/b9-7-,10-8-. The average molecular weight is 336 g/mol. The summed E-state index contributed by atoms with van der Waals surface area (Å²) in [6.07, 6.45) is 3.45. The summed E-state index contributed by atoms with van der Waals surface area (Å²) in [5, 5.41) is 0.522. The van der Waals surface area contributed by atoms with Crippen molar-refractivity contribution < 1.29 is 0 Å². The quantitative estimate of drug-likeness (QED) is 0.406. The molecule has 0 heterocycles. The molecule has 0 radical (unpaired) electrons. The van der Waals surface area contributed by atoms with E-state index in [9.17, 15) is 0 Å². The number of thioether (sulfide) groups is 2. The molecule has 0 aromatic carbocycles. The van der Waals surface area contributed by atoms with Gasteiger partial charge in [0.05, 0.1) is 18.8 Å². The minimum atomic E-state index is 0.261. The first-order chi connectivity index (χ1) is 7.54. The van der Waals surface area contributed by atoms with Crippen LogP contribution in [0.1, 0.15) is 0 Å². The van der Waals surface area contributed by atoms with Crippen LogP contribution in [0.5, 0.6) is 0 Å². The van der Waals surface area contributed by atoms with E-state index in [0.717, 1.165) is 0 Å². The minimum absolute atomic E-state index is 0.261. The van der Waals surface area contributed by atoms with Crippen molar-refractivity contribution in [2.45, 2.75) is 0 Å². The van der Waals surface area contributed by atoms with E-state index in [1.165, 1.54) is 23.5 Å². The van der Waals surface area contributed by atoms with Gasteiger partial charge >= 0.3 is 0 Å². The smallest absolute Gasteiger partial charge is 0.0940 e. The van der Waals surface area contributed by atoms with Crippen LogP contribution in [0.25, 0.3) is 0 Å². The zero-order valence-corrected chi connectivity index (χ0v) is 13.0. The molecule has 0 aliphatic rings. The van der Waals surface area contributed by atoms with Gasteiger partial charge in [-0.3, -0.25) is 0 Å². The molecule has 0 atom stereocenters. The second kappa shape index (κ2) is 9.81. The molecule has 0 nitrogen and oxygen atoms in total. The zero-order valence-electron chi connectivity index (χ0n) is 8.31. The van der Waals surface area contributed by atoms with Gasteiger partial charge in [0, 0.05) is 11.5 Å². The molecule has 0 saturated carbocycles. The lowest BCUT2D eigenvalue weighted by Crippen LogP contribution is -1.81. The monoisotopic (exact) mass is 334 g/mol. The van der Waals surface area contributed by atoms with Gasteiger partial charge in [0.1, 0.15) is 0 Å². The van der Waals surface area contributed by atoms with Crippen molar-refractivity contribution in [2.24, 2.45) is 0 Å². The molecule has 90 valence electrons. The third-order valence-electron chi connectivity index (χ3n) is 1.19. The number of rotatable bonds is 7. The number of hydrogen-bond donors (Lipinski definition) is 0. The fraction of sp³-hybridized carbons (Fsp3) is 0.200. The molecule has 0 spiro atoms. The predicted octanol–water partition coefficient (Wildman–Crippen LogP) is 6.12. The molecule has 0 fully saturated rings. The molecule has 0 aromatic rings. The van der Waals surface area contributed by atoms with E-state index in [0.29, 0.717) is 20.2 Å². The third-order valence-corrected chi connectivity index (χ3v) is 5.22. The van der Waals surface area contributed by atoms with Crippen LogP contribution >= 0.6 is 69.9 Å². The lowest BCUT2D eigenvalue weighted by molar-refractivity contribution is 1.78. The molecular weight excluding hydrogens is 326 g/mol. The summed E-state index contributed by atoms with van der Waals surface area (Å²) >= 11 is 26.5. The normalized spacial score (nSPS) is 14.0.